The van der Waals surface area contributed by atoms with Gasteiger partial charge in [-0.3, -0.25) is 0 Å². The molecular formula is C14H21N3O. The maximum absolute atomic E-state index is 8.67. The third kappa shape index (κ3) is 2.58. The Morgan fingerprint density at radius 1 is 1.50 bits per heavy atom. The van der Waals surface area contributed by atoms with Crippen molar-refractivity contribution in [3.05, 3.63) is 29.3 Å². The Hall–Kier alpha value is -1.71. The number of rotatable bonds is 4. The highest BCUT2D eigenvalue weighted by atomic mass is 16.4. The molecule has 0 aliphatic heterocycles. The summed E-state index contributed by atoms with van der Waals surface area (Å²) in [6.07, 6.45) is 4.08. The fourth-order valence-corrected chi connectivity index (χ4v) is 2.46. The van der Waals surface area contributed by atoms with Crippen molar-refractivity contribution in [1.82, 2.24) is 0 Å². The van der Waals surface area contributed by atoms with E-state index < -0.39 is 0 Å². The Morgan fingerprint density at radius 2 is 2.22 bits per heavy atom. The van der Waals surface area contributed by atoms with Crippen LogP contribution in [0, 0.1) is 12.8 Å². The van der Waals surface area contributed by atoms with E-state index in [1.807, 2.05) is 18.2 Å². The summed E-state index contributed by atoms with van der Waals surface area (Å²) in [5.41, 5.74) is 8.72. The number of nitrogens with two attached hydrogens (primary N) is 1. The van der Waals surface area contributed by atoms with Gasteiger partial charge in [-0.25, -0.2) is 0 Å². The zero-order valence-corrected chi connectivity index (χ0v) is 11.1. The molecule has 0 spiro atoms. The summed E-state index contributed by atoms with van der Waals surface area (Å²) in [6.45, 7) is 3.17. The van der Waals surface area contributed by atoms with Gasteiger partial charge < -0.3 is 15.8 Å². The summed E-state index contributed by atoms with van der Waals surface area (Å²) in [5, 5.41) is 11.7. The van der Waals surface area contributed by atoms with Gasteiger partial charge in [-0.15, -0.1) is 0 Å². The van der Waals surface area contributed by atoms with Crippen LogP contribution in [0.2, 0.25) is 0 Å². The standard InChI is InChI=1S/C14H21N3O/c1-10-8-12(14(15)16-18)6-7-13(10)17(2)9-11-4-3-5-11/h6-8,11,18H,3-5,9H2,1-2H3,(H2,15,16). The molecule has 0 radical (unpaired) electrons. The van der Waals surface area contributed by atoms with Crippen LogP contribution < -0.4 is 10.6 Å². The fraction of sp³-hybridized carbons (Fsp3) is 0.500. The lowest BCUT2D eigenvalue weighted by atomic mass is 9.85. The topological polar surface area (TPSA) is 61.9 Å². The molecule has 4 nitrogen and oxygen atoms in total. The molecular weight excluding hydrogens is 226 g/mol. The second-order valence-corrected chi connectivity index (χ2v) is 5.16. The van der Waals surface area contributed by atoms with Crippen molar-refractivity contribution >= 4 is 11.5 Å². The number of anilines is 1. The molecule has 0 amide bonds. The Labute approximate surface area is 108 Å². The number of hydrogen-bond acceptors (Lipinski definition) is 3. The molecule has 1 saturated carbocycles. The first-order chi connectivity index (χ1) is 8.61. The van der Waals surface area contributed by atoms with E-state index in [1.165, 1.54) is 24.9 Å². The highest BCUT2D eigenvalue weighted by molar-refractivity contribution is 5.97. The van der Waals surface area contributed by atoms with Crippen molar-refractivity contribution in [3.63, 3.8) is 0 Å². The van der Waals surface area contributed by atoms with E-state index in [-0.39, 0.29) is 5.84 Å². The number of hydrogen-bond donors (Lipinski definition) is 2. The molecule has 1 aromatic rings. The Morgan fingerprint density at radius 3 is 2.72 bits per heavy atom. The number of aryl methyl sites for hydroxylation is 1. The van der Waals surface area contributed by atoms with Gasteiger partial charge in [0.15, 0.2) is 5.84 Å². The second-order valence-electron chi connectivity index (χ2n) is 5.16. The van der Waals surface area contributed by atoms with Crippen LogP contribution in [0.1, 0.15) is 30.4 Å². The molecule has 98 valence electrons. The SMILES string of the molecule is Cc1cc(C(N)=NO)ccc1N(C)CC1CCC1. The van der Waals surface area contributed by atoms with E-state index in [0.717, 1.165) is 23.6 Å². The summed E-state index contributed by atoms with van der Waals surface area (Å²) >= 11 is 0. The minimum atomic E-state index is 0.159. The molecule has 3 N–H and O–H groups in total. The average molecular weight is 247 g/mol. The van der Waals surface area contributed by atoms with Gasteiger partial charge in [0.2, 0.25) is 0 Å². The predicted molar refractivity (Wildman–Crippen MR) is 74.3 cm³/mol. The first-order valence-electron chi connectivity index (χ1n) is 6.41. The van der Waals surface area contributed by atoms with Gasteiger partial charge in [0.05, 0.1) is 0 Å². The van der Waals surface area contributed by atoms with Crippen molar-refractivity contribution in [2.45, 2.75) is 26.2 Å². The minimum absolute atomic E-state index is 0.159. The van der Waals surface area contributed by atoms with E-state index >= 15 is 0 Å². The first kappa shape index (κ1) is 12.7. The van der Waals surface area contributed by atoms with Crippen LogP contribution in [0.25, 0.3) is 0 Å². The minimum Gasteiger partial charge on any atom is -0.409 e. The summed E-state index contributed by atoms with van der Waals surface area (Å²) in [4.78, 5) is 2.30. The largest absolute Gasteiger partial charge is 0.409 e. The molecule has 1 aliphatic rings. The summed E-state index contributed by atoms with van der Waals surface area (Å²) in [6, 6.07) is 5.90. The van der Waals surface area contributed by atoms with Crippen LogP contribution in [0.3, 0.4) is 0 Å². The molecule has 1 fully saturated rings. The Kier molecular flexibility index (Phi) is 3.75. The van der Waals surface area contributed by atoms with E-state index in [1.54, 1.807) is 0 Å². The summed E-state index contributed by atoms with van der Waals surface area (Å²) < 4.78 is 0. The lowest BCUT2D eigenvalue weighted by Crippen LogP contribution is -2.29. The lowest BCUT2D eigenvalue weighted by molar-refractivity contribution is 0.318. The first-order valence-corrected chi connectivity index (χ1v) is 6.41. The maximum atomic E-state index is 8.67. The third-order valence-electron chi connectivity index (χ3n) is 3.77. The second kappa shape index (κ2) is 5.29. The molecule has 0 unspecified atom stereocenters. The van der Waals surface area contributed by atoms with E-state index in [4.69, 9.17) is 10.9 Å². The number of benzene rings is 1. The summed E-state index contributed by atoms with van der Waals surface area (Å²) in [7, 11) is 2.13. The zero-order valence-electron chi connectivity index (χ0n) is 11.1. The molecule has 0 aromatic heterocycles. The monoisotopic (exact) mass is 247 g/mol. The van der Waals surface area contributed by atoms with Crippen molar-refractivity contribution in [1.29, 1.82) is 0 Å². The van der Waals surface area contributed by atoms with Crippen molar-refractivity contribution in [2.75, 3.05) is 18.5 Å². The van der Waals surface area contributed by atoms with Crippen molar-refractivity contribution in [2.24, 2.45) is 16.8 Å². The lowest BCUT2D eigenvalue weighted by Gasteiger charge is -2.32. The zero-order chi connectivity index (χ0) is 13.1. The van der Waals surface area contributed by atoms with Crippen LogP contribution in [-0.2, 0) is 0 Å². The van der Waals surface area contributed by atoms with Crippen LogP contribution in [0.15, 0.2) is 23.4 Å². The van der Waals surface area contributed by atoms with E-state index in [0.29, 0.717) is 0 Å². The third-order valence-corrected chi connectivity index (χ3v) is 3.77. The van der Waals surface area contributed by atoms with Crippen LogP contribution >= 0.6 is 0 Å². The van der Waals surface area contributed by atoms with Gasteiger partial charge in [0.1, 0.15) is 0 Å². The van der Waals surface area contributed by atoms with E-state index in [9.17, 15) is 0 Å². The highest BCUT2D eigenvalue weighted by Crippen LogP contribution is 2.29. The molecule has 0 bridgehead atoms. The molecule has 1 aromatic carbocycles. The predicted octanol–water partition coefficient (Wildman–Crippen LogP) is 2.33. The number of amidine groups is 1. The molecule has 1 aliphatic carbocycles. The molecule has 0 saturated heterocycles. The molecule has 0 heterocycles. The fourth-order valence-electron chi connectivity index (χ4n) is 2.46. The van der Waals surface area contributed by atoms with Crippen LogP contribution in [-0.4, -0.2) is 24.6 Å². The molecule has 2 rings (SSSR count). The van der Waals surface area contributed by atoms with Gasteiger partial charge in [-0.2, -0.15) is 0 Å². The van der Waals surface area contributed by atoms with E-state index in [2.05, 4.69) is 24.0 Å². The number of oxime groups is 1. The maximum Gasteiger partial charge on any atom is 0.170 e. The van der Waals surface area contributed by atoms with Gasteiger partial charge >= 0.3 is 0 Å². The van der Waals surface area contributed by atoms with Gasteiger partial charge in [0.25, 0.3) is 0 Å². The molecule has 4 heteroatoms. The highest BCUT2D eigenvalue weighted by Gasteiger charge is 2.19. The van der Waals surface area contributed by atoms with Gasteiger partial charge in [0, 0.05) is 24.8 Å². The van der Waals surface area contributed by atoms with Crippen LogP contribution in [0.4, 0.5) is 5.69 Å². The smallest absolute Gasteiger partial charge is 0.170 e. The molecule has 18 heavy (non-hydrogen) atoms. The van der Waals surface area contributed by atoms with Gasteiger partial charge in [-0.1, -0.05) is 11.6 Å². The number of nitrogens with zero attached hydrogens (tertiary/aromatic N) is 2. The molecule has 0 atom stereocenters. The van der Waals surface area contributed by atoms with Crippen LogP contribution in [0.5, 0.6) is 0 Å². The Bertz CT molecular complexity index is 452. The normalized spacial score (nSPS) is 16.4. The Balaban J connectivity index is 2.13. The van der Waals surface area contributed by atoms with Crippen molar-refractivity contribution in [3.8, 4) is 0 Å². The average Bonchev–Trinajstić information content (AvgIpc) is 2.32. The summed E-state index contributed by atoms with van der Waals surface area (Å²) in [5.74, 6) is 1.00. The van der Waals surface area contributed by atoms with Gasteiger partial charge in [-0.05, 0) is 49.4 Å². The van der Waals surface area contributed by atoms with Crippen molar-refractivity contribution < 1.29 is 5.21 Å². The quantitative estimate of drug-likeness (QED) is 0.371.